The summed E-state index contributed by atoms with van der Waals surface area (Å²) in [5.74, 6) is -2.46. The molecule has 1 atom stereocenters. The minimum atomic E-state index is -1.43. The number of alkyl carbamates (subject to hydrolysis) is 2. The Bertz CT molecular complexity index is 632. The van der Waals surface area contributed by atoms with Crippen LogP contribution in [0.15, 0.2) is 0 Å². The van der Waals surface area contributed by atoms with E-state index in [1.165, 1.54) is 0 Å². The van der Waals surface area contributed by atoms with Crippen LogP contribution in [0.25, 0.3) is 0 Å². The first-order valence-corrected chi connectivity index (χ1v) is 8.72. The lowest BCUT2D eigenvalue weighted by molar-refractivity contribution is -0.198. The van der Waals surface area contributed by atoms with E-state index in [9.17, 15) is 24.0 Å². The van der Waals surface area contributed by atoms with Crippen molar-refractivity contribution in [2.45, 2.75) is 71.6 Å². The number of ether oxygens (including phenoxy) is 2. The summed E-state index contributed by atoms with van der Waals surface area (Å²) in [7, 11) is 0. The van der Waals surface area contributed by atoms with E-state index < -0.39 is 53.8 Å². The van der Waals surface area contributed by atoms with Crippen LogP contribution >= 0.6 is 0 Å². The molecule has 11 nitrogen and oxygen atoms in total. The van der Waals surface area contributed by atoms with Gasteiger partial charge in [-0.2, -0.15) is 0 Å². The van der Waals surface area contributed by atoms with E-state index in [0.717, 1.165) is 0 Å². The average molecular weight is 401 g/mol. The van der Waals surface area contributed by atoms with Crippen LogP contribution in [-0.4, -0.2) is 58.8 Å². The number of carbonyl (C=O) groups is 5. The van der Waals surface area contributed by atoms with Crippen molar-refractivity contribution in [1.29, 1.82) is 0 Å². The van der Waals surface area contributed by atoms with Crippen LogP contribution in [0.3, 0.4) is 0 Å². The molecule has 11 heteroatoms. The number of nitrogens with one attached hydrogen (secondary N) is 2. The van der Waals surface area contributed by atoms with Crippen LogP contribution in [-0.2, 0) is 28.7 Å². The number of imide groups is 1. The summed E-state index contributed by atoms with van der Waals surface area (Å²) in [5.41, 5.74) is -1.61. The second-order valence-corrected chi connectivity index (χ2v) is 8.07. The van der Waals surface area contributed by atoms with E-state index in [2.05, 4.69) is 10.6 Å². The number of amides is 4. The Kier molecular flexibility index (Phi) is 7.36. The smallest absolute Gasteiger partial charge is 0.408 e. The second kappa shape index (κ2) is 8.89. The zero-order chi connectivity index (χ0) is 21.7. The molecule has 1 aliphatic heterocycles. The Morgan fingerprint density at radius 2 is 1.39 bits per heavy atom. The summed E-state index contributed by atoms with van der Waals surface area (Å²) >= 11 is 0. The Morgan fingerprint density at radius 1 is 0.929 bits per heavy atom. The molecule has 0 bridgehead atoms. The molecule has 158 valence electrons. The molecule has 0 spiro atoms. The predicted molar refractivity (Wildman–Crippen MR) is 94.6 cm³/mol. The van der Waals surface area contributed by atoms with Gasteiger partial charge in [-0.05, 0) is 41.5 Å². The lowest BCUT2D eigenvalue weighted by atomic mass is 10.2. The molecular weight excluding hydrogens is 374 g/mol. The van der Waals surface area contributed by atoms with Crippen molar-refractivity contribution in [2.75, 3.05) is 6.54 Å². The summed E-state index contributed by atoms with van der Waals surface area (Å²) in [4.78, 5) is 64.1. The van der Waals surface area contributed by atoms with Gasteiger partial charge in [-0.15, -0.1) is 5.06 Å². The lowest BCUT2D eigenvalue weighted by Gasteiger charge is -2.24. The molecule has 0 saturated carbocycles. The summed E-state index contributed by atoms with van der Waals surface area (Å²) in [6, 6.07) is -1.43. The van der Waals surface area contributed by atoms with Gasteiger partial charge in [-0.3, -0.25) is 9.59 Å². The Balaban J connectivity index is 2.79. The van der Waals surface area contributed by atoms with Crippen LogP contribution in [0.1, 0.15) is 54.4 Å². The molecule has 2 N–H and O–H groups in total. The molecule has 1 aliphatic rings. The van der Waals surface area contributed by atoms with Crippen molar-refractivity contribution in [3.63, 3.8) is 0 Å². The minimum Gasteiger partial charge on any atom is -0.444 e. The fourth-order valence-electron chi connectivity index (χ4n) is 1.95. The van der Waals surface area contributed by atoms with Gasteiger partial charge in [-0.1, -0.05) is 0 Å². The third-order valence-corrected chi connectivity index (χ3v) is 3.01. The molecule has 0 radical (unpaired) electrons. The molecule has 0 aromatic rings. The molecule has 1 saturated heterocycles. The zero-order valence-corrected chi connectivity index (χ0v) is 16.9. The maximum atomic E-state index is 12.4. The molecule has 4 amide bonds. The maximum Gasteiger partial charge on any atom is 0.408 e. The number of hydrogen-bond acceptors (Lipinski definition) is 8. The highest BCUT2D eigenvalue weighted by Gasteiger charge is 2.36. The van der Waals surface area contributed by atoms with E-state index in [4.69, 9.17) is 14.3 Å². The van der Waals surface area contributed by atoms with Crippen molar-refractivity contribution in [2.24, 2.45) is 0 Å². The van der Waals surface area contributed by atoms with Gasteiger partial charge in [-0.25, -0.2) is 14.4 Å². The number of hydrogen-bond donors (Lipinski definition) is 2. The van der Waals surface area contributed by atoms with Gasteiger partial charge >= 0.3 is 18.2 Å². The van der Waals surface area contributed by atoms with Gasteiger partial charge in [0.05, 0.1) is 6.54 Å². The zero-order valence-electron chi connectivity index (χ0n) is 16.9. The molecule has 0 aliphatic carbocycles. The minimum absolute atomic E-state index is 0.0770. The van der Waals surface area contributed by atoms with E-state index in [1.54, 1.807) is 41.5 Å². The highest BCUT2D eigenvalue weighted by Crippen LogP contribution is 2.13. The van der Waals surface area contributed by atoms with Crippen molar-refractivity contribution >= 4 is 30.0 Å². The largest absolute Gasteiger partial charge is 0.444 e. The first-order valence-electron chi connectivity index (χ1n) is 8.72. The Hall–Kier alpha value is -2.85. The molecule has 0 aromatic heterocycles. The second-order valence-electron chi connectivity index (χ2n) is 8.07. The summed E-state index contributed by atoms with van der Waals surface area (Å²) in [6.45, 7) is 9.43. The van der Waals surface area contributed by atoms with E-state index in [-0.39, 0.29) is 12.8 Å². The van der Waals surface area contributed by atoms with Crippen molar-refractivity contribution in [1.82, 2.24) is 15.7 Å². The van der Waals surface area contributed by atoms with Crippen LogP contribution < -0.4 is 10.6 Å². The van der Waals surface area contributed by atoms with Gasteiger partial charge in [0.2, 0.25) is 0 Å². The fraction of sp³-hybridized carbons (Fsp3) is 0.706. The Morgan fingerprint density at radius 3 is 1.86 bits per heavy atom. The van der Waals surface area contributed by atoms with Gasteiger partial charge < -0.3 is 24.9 Å². The van der Waals surface area contributed by atoms with E-state index in [0.29, 0.717) is 5.06 Å². The summed E-state index contributed by atoms with van der Waals surface area (Å²) in [5, 5.41) is 4.90. The molecule has 1 rings (SSSR count). The van der Waals surface area contributed by atoms with Gasteiger partial charge in [0.25, 0.3) is 11.8 Å². The number of hydroxylamine groups is 2. The molecule has 0 unspecified atom stereocenters. The Labute approximate surface area is 163 Å². The molecule has 1 fully saturated rings. The molecule has 1 heterocycles. The predicted octanol–water partition coefficient (Wildman–Crippen LogP) is 1.01. The van der Waals surface area contributed by atoms with Crippen LogP contribution in [0.2, 0.25) is 0 Å². The topological polar surface area (TPSA) is 140 Å². The maximum absolute atomic E-state index is 12.4. The molecule has 0 aromatic carbocycles. The molecule has 28 heavy (non-hydrogen) atoms. The van der Waals surface area contributed by atoms with E-state index in [1.807, 2.05) is 0 Å². The number of carbonyl (C=O) groups excluding carboxylic acids is 5. The van der Waals surface area contributed by atoms with Crippen LogP contribution in [0, 0.1) is 0 Å². The van der Waals surface area contributed by atoms with Gasteiger partial charge in [0, 0.05) is 12.8 Å². The van der Waals surface area contributed by atoms with E-state index >= 15 is 0 Å². The first-order chi connectivity index (χ1) is 12.7. The van der Waals surface area contributed by atoms with Gasteiger partial charge in [0.1, 0.15) is 17.2 Å². The van der Waals surface area contributed by atoms with Crippen LogP contribution in [0.5, 0.6) is 0 Å². The fourth-order valence-corrected chi connectivity index (χ4v) is 1.95. The number of nitrogens with zero attached hydrogens (tertiary/aromatic N) is 1. The third-order valence-electron chi connectivity index (χ3n) is 3.01. The average Bonchev–Trinajstić information content (AvgIpc) is 2.79. The standard InChI is InChI=1S/C17H27N3O8/c1-16(2,3)26-14(24)18-9-10(19-15(25)27-17(4,5)6)13(23)28-20-11(21)7-8-12(20)22/h10H,7-9H2,1-6H3,(H,18,24)(H,19,25)/t10-/m0/s1. The lowest BCUT2D eigenvalue weighted by Crippen LogP contribution is -2.52. The highest BCUT2D eigenvalue weighted by atomic mass is 16.7. The van der Waals surface area contributed by atoms with Crippen molar-refractivity contribution < 1.29 is 38.3 Å². The summed E-state index contributed by atoms with van der Waals surface area (Å²) in [6.07, 6.45) is -1.93. The SMILES string of the molecule is CC(C)(C)OC(=O)NC[C@H](NC(=O)OC(C)(C)C)C(=O)ON1C(=O)CCC1=O. The number of rotatable bonds is 5. The van der Waals surface area contributed by atoms with Crippen molar-refractivity contribution in [3.8, 4) is 0 Å². The quantitative estimate of drug-likeness (QED) is 0.651. The summed E-state index contributed by atoms with van der Waals surface area (Å²) < 4.78 is 10.1. The van der Waals surface area contributed by atoms with Gasteiger partial charge in [0.15, 0.2) is 0 Å². The monoisotopic (exact) mass is 401 g/mol. The van der Waals surface area contributed by atoms with Crippen LogP contribution in [0.4, 0.5) is 9.59 Å². The third kappa shape index (κ3) is 8.23. The normalized spacial score (nSPS) is 15.7. The molecular formula is C17H27N3O8. The van der Waals surface area contributed by atoms with Crippen molar-refractivity contribution in [3.05, 3.63) is 0 Å². The first kappa shape index (κ1) is 23.2. The highest BCUT2D eigenvalue weighted by molar-refractivity contribution is 6.01.